The second kappa shape index (κ2) is 6.84. The summed E-state index contributed by atoms with van der Waals surface area (Å²) >= 11 is 0. The van der Waals surface area contributed by atoms with Crippen molar-refractivity contribution in [2.24, 2.45) is 0 Å². The zero-order chi connectivity index (χ0) is 18.8. The van der Waals surface area contributed by atoms with E-state index in [9.17, 15) is 4.39 Å². The standard InChI is InChI=1S/C21H16FN5/c22-18-9-13(5-7-17(18)19-11-27-21(24)12-25-19)15-3-1-2-4-16(15)14-6-8-20(23)26-10-14/h1-12H,(H2,23,26)(H2,24,27). The lowest BCUT2D eigenvalue weighted by Crippen LogP contribution is -1.95. The lowest BCUT2D eigenvalue weighted by Gasteiger charge is -2.11. The molecule has 0 atom stereocenters. The van der Waals surface area contributed by atoms with Gasteiger partial charge in [0, 0.05) is 17.3 Å². The number of nitrogens with two attached hydrogens (primary N) is 2. The van der Waals surface area contributed by atoms with E-state index in [0.29, 0.717) is 22.9 Å². The van der Waals surface area contributed by atoms with Gasteiger partial charge in [-0.2, -0.15) is 0 Å². The Hall–Kier alpha value is -3.80. The van der Waals surface area contributed by atoms with Crippen LogP contribution >= 0.6 is 0 Å². The van der Waals surface area contributed by atoms with Crippen LogP contribution in [0.1, 0.15) is 0 Å². The fraction of sp³-hybridized carbons (Fsp3) is 0. The Balaban J connectivity index is 1.78. The van der Waals surface area contributed by atoms with Gasteiger partial charge in [0.05, 0.1) is 18.1 Å². The molecule has 2 aromatic heterocycles. The van der Waals surface area contributed by atoms with Crippen molar-refractivity contribution in [1.82, 2.24) is 15.0 Å². The molecule has 2 aromatic carbocycles. The van der Waals surface area contributed by atoms with Crippen LogP contribution in [0.3, 0.4) is 0 Å². The Morgan fingerprint density at radius 2 is 1.33 bits per heavy atom. The normalized spacial score (nSPS) is 10.7. The van der Waals surface area contributed by atoms with Gasteiger partial charge >= 0.3 is 0 Å². The molecule has 0 spiro atoms. The molecule has 0 fully saturated rings. The van der Waals surface area contributed by atoms with Gasteiger partial charge in [0.2, 0.25) is 0 Å². The van der Waals surface area contributed by atoms with Crippen LogP contribution in [0.5, 0.6) is 0 Å². The van der Waals surface area contributed by atoms with Gasteiger partial charge in [0.15, 0.2) is 0 Å². The van der Waals surface area contributed by atoms with Crippen LogP contribution in [0.25, 0.3) is 33.5 Å². The second-order valence-electron chi connectivity index (χ2n) is 6.04. The van der Waals surface area contributed by atoms with Crippen molar-refractivity contribution in [2.75, 3.05) is 11.5 Å². The minimum Gasteiger partial charge on any atom is -0.384 e. The van der Waals surface area contributed by atoms with E-state index in [1.165, 1.54) is 18.5 Å². The van der Waals surface area contributed by atoms with Crippen molar-refractivity contribution >= 4 is 11.6 Å². The summed E-state index contributed by atoms with van der Waals surface area (Å²) in [5.74, 6) is 0.370. The zero-order valence-corrected chi connectivity index (χ0v) is 14.3. The number of halogens is 1. The molecule has 0 bridgehead atoms. The Kier molecular flexibility index (Phi) is 4.22. The lowest BCUT2D eigenvalue weighted by molar-refractivity contribution is 0.631. The first-order valence-electron chi connectivity index (χ1n) is 8.30. The highest BCUT2D eigenvalue weighted by molar-refractivity contribution is 5.84. The predicted molar refractivity (Wildman–Crippen MR) is 105 cm³/mol. The molecule has 6 heteroatoms. The first-order chi connectivity index (χ1) is 13.1. The van der Waals surface area contributed by atoms with E-state index in [1.807, 2.05) is 36.4 Å². The van der Waals surface area contributed by atoms with Gasteiger partial charge in [0.25, 0.3) is 0 Å². The maximum absolute atomic E-state index is 14.8. The number of anilines is 2. The van der Waals surface area contributed by atoms with Crippen LogP contribution in [-0.4, -0.2) is 15.0 Å². The SMILES string of the molecule is Nc1ccc(-c2ccccc2-c2ccc(-c3cnc(N)cn3)c(F)c2)cn1. The van der Waals surface area contributed by atoms with Crippen LogP contribution in [0, 0.1) is 5.82 Å². The monoisotopic (exact) mass is 357 g/mol. The summed E-state index contributed by atoms with van der Waals surface area (Å²) in [6.45, 7) is 0. The highest BCUT2D eigenvalue weighted by atomic mass is 19.1. The quantitative estimate of drug-likeness (QED) is 0.574. The summed E-state index contributed by atoms with van der Waals surface area (Å²) in [7, 11) is 0. The molecule has 0 radical (unpaired) electrons. The third-order valence-corrected chi connectivity index (χ3v) is 4.25. The van der Waals surface area contributed by atoms with Crippen molar-refractivity contribution in [3.63, 3.8) is 0 Å². The molecule has 0 aliphatic carbocycles. The maximum Gasteiger partial charge on any atom is 0.141 e. The topological polar surface area (TPSA) is 90.7 Å². The highest BCUT2D eigenvalue weighted by Gasteiger charge is 2.12. The first-order valence-corrected chi connectivity index (χ1v) is 8.30. The van der Waals surface area contributed by atoms with Gasteiger partial charge in [-0.25, -0.2) is 14.4 Å². The van der Waals surface area contributed by atoms with Gasteiger partial charge in [-0.15, -0.1) is 0 Å². The smallest absolute Gasteiger partial charge is 0.141 e. The fourth-order valence-corrected chi connectivity index (χ4v) is 2.92. The van der Waals surface area contributed by atoms with Gasteiger partial charge < -0.3 is 11.5 Å². The van der Waals surface area contributed by atoms with Crippen LogP contribution in [0.4, 0.5) is 16.0 Å². The number of pyridine rings is 1. The van der Waals surface area contributed by atoms with Crippen molar-refractivity contribution in [1.29, 1.82) is 0 Å². The summed E-state index contributed by atoms with van der Waals surface area (Å²) in [5, 5.41) is 0. The molecule has 4 N–H and O–H groups in total. The van der Waals surface area contributed by atoms with E-state index in [-0.39, 0.29) is 5.82 Å². The van der Waals surface area contributed by atoms with Crippen molar-refractivity contribution < 1.29 is 4.39 Å². The Bertz CT molecular complexity index is 1090. The molecule has 132 valence electrons. The number of rotatable bonds is 3. The van der Waals surface area contributed by atoms with E-state index >= 15 is 0 Å². The summed E-state index contributed by atoms with van der Waals surface area (Å²) in [6.07, 6.45) is 4.58. The maximum atomic E-state index is 14.8. The molecule has 4 aromatic rings. The highest BCUT2D eigenvalue weighted by Crippen LogP contribution is 2.34. The molecule has 2 heterocycles. The average molecular weight is 357 g/mol. The van der Waals surface area contributed by atoms with E-state index < -0.39 is 0 Å². The summed E-state index contributed by atoms with van der Waals surface area (Å²) in [4.78, 5) is 12.3. The molecular weight excluding hydrogens is 341 g/mol. The molecule has 27 heavy (non-hydrogen) atoms. The third kappa shape index (κ3) is 3.32. The van der Waals surface area contributed by atoms with Gasteiger partial charge in [0.1, 0.15) is 17.5 Å². The van der Waals surface area contributed by atoms with Crippen LogP contribution in [-0.2, 0) is 0 Å². The van der Waals surface area contributed by atoms with Crippen LogP contribution in [0.2, 0.25) is 0 Å². The van der Waals surface area contributed by atoms with Crippen molar-refractivity contribution in [3.05, 3.63) is 79.0 Å². The molecule has 0 saturated heterocycles. The van der Waals surface area contributed by atoms with Crippen molar-refractivity contribution in [3.8, 4) is 33.5 Å². The molecule has 0 amide bonds. The van der Waals surface area contributed by atoms with Crippen LogP contribution < -0.4 is 11.5 Å². The molecular formula is C21H16FN5. The van der Waals surface area contributed by atoms with E-state index in [0.717, 1.165) is 22.3 Å². The molecule has 4 rings (SSSR count). The van der Waals surface area contributed by atoms with Crippen LogP contribution in [0.15, 0.2) is 73.2 Å². The number of hydrogen-bond acceptors (Lipinski definition) is 5. The number of aromatic nitrogens is 3. The Morgan fingerprint density at radius 3 is 1.96 bits per heavy atom. The number of nitrogens with zero attached hydrogens (tertiary/aromatic N) is 3. The minimum absolute atomic E-state index is 0.293. The number of benzene rings is 2. The van der Waals surface area contributed by atoms with Crippen molar-refractivity contribution in [2.45, 2.75) is 0 Å². The Morgan fingerprint density at radius 1 is 0.630 bits per heavy atom. The molecule has 0 unspecified atom stereocenters. The summed E-state index contributed by atoms with van der Waals surface area (Å²) in [5.41, 5.74) is 15.5. The average Bonchev–Trinajstić information content (AvgIpc) is 2.69. The van der Waals surface area contributed by atoms with E-state index in [4.69, 9.17) is 11.5 Å². The van der Waals surface area contributed by atoms with E-state index in [2.05, 4.69) is 15.0 Å². The number of nitrogen functional groups attached to an aromatic ring is 2. The van der Waals surface area contributed by atoms with Gasteiger partial charge in [-0.05, 0) is 41.0 Å². The minimum atomic E-state index is -0.378. The number of hydrogen-bond donors (Lipinski definition) is 2. The third-order valence-electron chi connectivity index (χ3n) is 4.25. The molecule has 0 aliphatic heterocycles. The van der Waals surface area contributed by atoms with Gasteiger partial charge in [-0.3, -0.25) is 4.98 Å². The fourth-order valence-electron chi connectivity index (χ4n) is 2.92. The predicted octanol–water partition coefficient (Wildman–Crippen LogP) is 4.18. The first kappa shape index (κ1) is 16.7. The Labute approximate surface area is 155 Å². The zero-order valence-electron chi connectivity index (χ0n) is 14.3. The summed E-state index contributed by atoms with van der Waals surface area (Å²) < 4.78 is 14.8. The summed E-state index contributed by atoms with van der Waals surface area (Å²) in [6, 6.07) is 16.5. The molecule has 0 saturated carbocycles. The van der Waals surface area contributed by atoms with E-state index in [1.54, 1.807) is 18.3 Å². The largest absolute Gasteiger partial charge is 0.384 e. The lowest BCUT2D eigenvalue weighted by atomic mass is 9.94. The van der Waals surface area contributed by atoms with Gasteiger partial charge in [-0.1, -0.05) is 30.3 Å². The molecule has 5 nitrogen and oxygen atoms in total. The second-order valence-corrected chi connectivity index (χ2v) is 6.04. The molecule has 0 aliphatic rings.